The van der Waals surface area contributed by atoms with Crippen LogP contribution in [0.2, 0.25) is 5.15 Å². The van der Waals surface area contributed by atoms with Gasteiger partial charge in [0.05, 0.1) is 29.3 Å². The molecule has 0 atom stereocenters. The number of pyridine rings is 1. The maximum Gasteiger partial charge on any atom is 0.261 e. The first-order valence-electron chi connectivity index (χ1n) is 8.18. The molecule has 2 heterocycles. The van der Waals surface area contributed by atoms with Gasteiger partial charge in [-0.1, -0.05) is 35.9 Å². The first kappa shape index (κ1) is 17.0. The smallest absolute Gasteiger partial charge is 0.261 e. The van der Waals surface area contributed by atoms with Crippen LogP contribution < -0.4 is 0 Å². The van der Waals surface area contributed by atoms with Gasteiger partial charge in [0.25, 0.3) is 11.8 Å². The Morgan fingerprint density at radius 3 is 2.19 bits per heavy atom. The van der Waals surface area contributed by atoms with E-state index in [0.29, 0.717) is 33.0 Å². The molecule has 6 heteroatoms. The Labute approximate surface area is 160 Å². The van der Waals surface area contributed by atoms with Crippen LogP contribution in [0.1, 0.15) is 31.8 Å². The lowest BCUT2D eigenvalue weighted by Gasteiger charge is -2.15. The standard InChI is InChI=1S/C21H12ClN3O2/c22-19-18(15-7-5-13(10-23)6-8-15)9-14(11-24-19)12-25-20(26)16-3-1-2-4-17(16)21(25)27/h1-9,11H,12H2. The van der Waals surface area contributed by atoms with Crippen LogP contribution >= 0.6 is 11.6 Å². The summed E-state index contributed by atoms with van der Waals surface area (Å²) in [4.78, 5) is 30.5. The molecule has 1 aliphatic heterocycles. The molecule has 0 N–H and O–H groups in total. The van der Waals surface area contributed by atoms with E-state index < -0.39 is 0 Å². The van der Waals surface area contributed by atoms with Crippen molar-refractivity contribution < 1.29 is 9.59 Å². The first-order chi connectivity index (χ1) is 13.1. The summed E-state index contributed by atoms with van der Waals surface area (Å²) in [6, 6.07) is 17.6. The van der Waals surface area contributed by atoms with Crippen LogP contribution in [0.3, 0.4) is 0 Å². The molecule has 2 amide bonds. The van der Waals surface area contributed by atoms with Crippen molar-refractivity contribution in [3.8, 4) is 17.2 Å². The van der Waals surface area contributed by atoms with E-state index in [2.05, 4.69) is 11.1 Å². The third kappa shape index (κ3) is 2.97. The Balaban J connectivity index is 1.65. The van der Waals surface area contributed by atoms with Crippen molar-refractivity contribution in [3.05, 3.63) is 88.2 Å². The molecule has 130 valence electrons. The Morgan fingerprint density at radius 2 is 1.59 bits per heavy atom. The summed E-state index contributed by atoms with van der Waals surface area (Å²) < 4.78 is 0. The van der Waals surface area contributed by atoms with E-state index in [1.165, 1.54) is 4.90 Å². The third-order valence-corrected chi connectivity index (χ3v) is 4.74. The van der Waals surface area contributed by atoms with Crippen molar-refractivity contribution in [2.75, 3.05) is 0 Å². The zero-order valence-corrected chi connectivity index (χ0v) is 14.8. The molecular weight excluding hydrogens is 362 g/mol. The SMILES string of the molecule is N#Cc1ccc(-c2cc(CN3C(=O)c4ccccc4C3=O)cnc2Cl)cc1. The van der Waals surface area contributed by atoms with Gasteiger partial charge in [0.1, 0.15) is 5.15 Å². The number of aromatic nitrogens is 1. The number of nitriles is 1. The molecule has 4 rings (SSSR count). The summed E-state index contributed by atoms with van der Waals surface area (Å²) in [6.07, 6.45) is 1.55. The van der Waals surface area contributed by atoms with Gasteiger partial charge in [0.2, 0.25) is 0 Å². The van der Waals surface area contributed by atoms with Crippen LogP contribution in [0.25, 0.3) is 11.1 Å². The molecule has 2 aromatic carbocycles. The number of amides is 2. The number of hydrogen-bond donors (Lipinski definition) is 0. The second kappa shape index (κ2) is 6.67. The molecule has 0 aliphatic carbocycles. The topological polar surface area (TPSA) is 74.1 Å². The fourth-order valence-electron chi connectivity index (χ4n) is 3.07. The van der Waals surface area contributed by atoms with Gasteiger partial charge in [-0.05, 0) is 41.5 Å². The normalized spacial score (nSPS) is 12.8. The minimum atomic E-state index is -0.314. The highest BCUT2D eigenvalue weighted by atomic mass is 35.5. The molecule has 0 bridgehead atoms. The molecule has 1 aromatic heterocycles. The average Bonchev–Trinajstić information content (AvgIpc) is 2.95. The van der Waals surface area contributed by atoms with E-state index >= 15 is 0 Å². The molecule has 0 saturated heterocycles. The average molecular weight is 374 g/mol. The highest BCUT2D eigenvalue weighted by Crippen LogP contribution is 2.29. The minimum absolute atomic E-state index is 0.111. The summed E-state index contributed by atoms with van der Waals surface area (Å²) in [5.41, 5.74) is 3.54. The Hall–Kier alpha value is -3.49. The predicted molar refractivity (Wildman–Crippen MR) is 100 cm³/mol. The minimum Gasteiger partial charge on any atom is -0.270 e. The van der Waals surface area contributed by atoms with Gasteiger partial charge in [-0.2, -0.15) is 5.26 Å². The van der Waals surface area contributed by atoms with E-state index in [1.807, 2.05) is 0 Å². The molecule has 0 unspecified atom stereocenters. The maximum atomic E-state index is 12.5. The van der Waals surface area contributed by atoms with Gasteiger partial charge in [-0.25, -0.2) is 4.98 Å². The number of benzene rings is 2. The number of nitrogens with zero attached hydrogens (tertiary/aromatic N) is 3. The van der Waals surface area contributed by atoms with Gasteiger partial charge in [-0.3, -0.25) is 14.5 Å². The monoisotopic (exact) mass is 373 g/mol. The van der Waals surface area contributed by atoms with E-state index in [9.17, 15) is 9.59 Å². The fraction of sp³-hybridized carbons (Fsp3) is 0.0476. The lowest BCUT2D eigenvalue weighted by molar-refractivity contribution is 0.0642. The van der Waals surface area contributed by atoms with Crippen molar-refractivity contribution in [3.63, 3.8) is 0 Å². The highest BCUT2D eigenvalue weighted by molar-refractivity contribution is 6.32. The van der Waals surface area contributed by atoms with Crippen molar-refractivity contribution in [2.24, 2.45) is 0 Å². The fourth-order valence-corrected chi connectivity index (χ4v) is 3.28. The molecular formula is C21H12ClN3O2. The Bertz CT molecular complexity index is 1080. The number of rotatable bonds is 3. The van der Waals surface area contributed by atoms with E-state index in [-0.39, 0.29) is 18.4 Å². The summed E-state index contributed by atoms with van der Waals surface area (Å²) in [7, 11) is 0. The zero-order valence-electron chi connectivity index (χ0n) is 14.0. The number of carbonyl (C=O) groups is 2. The molecule has 27 heavy (non-hydrogen) atoms. The molecule has 1 aliphatic rings. The molecule has 0 saturated carbocycles. The summed E-state index contributed by atoms with van der Waals surface area (Å²) in [6.45, 7) is 0.111. The molecule has 0 spiro atoms. The number of hydrogen-bond acceptors (Lipinski definition) is 4. The van der Waals surface area contributed by atoms with Crippen molar-refractivity contribution in [2.45, 2.75) is 6.54 Å². The zero-order chi connectivity index (χ0) is 19.0. The van der Waals surface area contributed by atoms with Crippen LogP contribution in [0.15, 0.2) is 60.8 Å². The van der Waals surface area contributed by atoms with E-state index in [1.54, 1.807) is 60.8 Å². The number of halogens is 1. The largest absolute Gasteiger partial charge is 0.270 e. The van der Waals surface area contributed by atoms with Crippen molar-refractivity contribution in [1.29, 1.82) is 5.26 Å². The Kier molecular flexibility index (Phi) is 4.19. The third-order valence-electron chi connectivity index (χ3n) is 4.44. The second-order valence-electron chi connectivity index (χ2n) is 6.11. The van der Waals surface area contributed by atoms with Crippen LogP contribution in [0.4, 0.5) is 0 Å². The van der Waals surface area contributed by atoms with Gasteiger partial charge in [-0.15, -0.1) is 0 Å². The predicted octanol–water partition coefficient (Wildman–Crippen LogP) is 4.07. The lowest BCUT2D eigenvalue weighted by Crippen LogP contribution is -2.29. The van der Waals surface area contributed by atoms with Gasteiger partial charge < -0.3 is 0 Å². The van der Waals surface area contributed by atoms with Gasteiger partial charge in [0, 0.05) is 11.8 Å². The maximum absolute atomic E-state index is 12.5. The van der Waals surface area contributed by atoms with Crippen LogP contribution in [-0.4, -0.2) is 21.7 Å². The molecule has 3 aromatic rings. The van der Waals surface area contributed by atoms with Crippen molar-refractivity contribution >= 4 is 23.4 Å². The van der Waals surface area contributed by atoms with Crippen LogP contribution in [-0.2, 0) is 6.54 Å². The molecule has 0 fully saturated rings. The van der Waals surface area contributed by atoms with E-state index in [4.69, 9.17) is 16.9 Å². The Morgan fingerprint density at radius 1 is 0.963 bits per heavy atom. The van der Waals surface area contributed by atoms with Gasteiger partial charge in [0.15, 0.2) is 0 Å². The van der Waals surface area contributed by atoms with E-state index in [0.717, 1.165) is 5.56 Å². The molecule has 0 radical (unpaired) electrons. The summed E-state index contributed by atoms with van der Waals surface area (Å²) >= 11 is 6.23. The number of carbonyl (C=O) groups excluding carboxylic acids is 2. The number of fused-ring (bicyclic) bond motifs is 1. The lowest BCUT2D eigenvalue weighted by atomic mass is 10.0. The molecule has 5 nitrogen and oxygen atoms in total. The second-order valence-corrected chi connectivity index (χ2v) is 6.47. The highest BCUT2D eigenvalue weighted by Gasteiger charge is 2.35. The van der Waals surface area contributed by atoms with Gasteiger partial charge >= 0.3 is 0 Å². The quantitative estimate of drug-likeness (QED) is 0.512. The summed E-state index contributed by atoms with van der Waals surface area (Å²) in [5, 5.41) is 9.23. The van der Waals surface area contributed by atoms with Crippen LogP contribution in [0.5, 0.6) is 0 Å². The number of imide groups is 1. The van der Waals surface area contributed by atoms with Crippen molar-refractivity contribution in [1.82, 2.24) is 9.88 Å². The first-order valence-corrected chi connectivity index (χ1v) is 8.56. The van der Waals surface area contributed by atoms with Crippen LogP contribution in [0, 0.1) is 11.3 Å². The summed E-state index contributed by atoms with van der Waals surface area (Å²) in [5.74, 6) is -0.629.